The molecule has 1 saturated heterocycles. The molecule has 0 aliphatic carbocycles. The molecule has 4 atom stereocenters. The molecule has 1 aliphatic rings. The molecule has 1 fully saturated rings. The Hall–Kier alpha value is -1.85. The van der Waals surface area contributed by atoms with Gasteiger partial charge in [0.05, 0.1) is 12.6 Å². The summed E-state index contributed by atoms with van der Waals surface area (Å²) < 4.78 is 0. The summed E-state index contributed by atoms with van der Waals surface area (Å²) in [5.41, 5.74) is 5.75. The number of nitrogens with zero attached hydrogens (tertiary/aromatic N) is 1. The van der Waals surface area contributed by atoms with Gasteiger partial charge in [-0.05, 0) is 18.8 Å². The number of aliphatic hydroxyl groups excluding tert-OH is 1. The molecule has 1 heterocycles. The normalized spacial score (nSPS) is 20.1. The van der Waals surface area contributed by atoms with Crippen molar-refractivity contribution < 1.29 is 29.4 Å². The number of thiol groups is 1. The lowest BCUT2D eigenvalue weighted by Crippen LogP contribution is -2.58. The van der Waals surface area contributed by atoms with Gasteiger partial charge in [0.2, 0.25) is 17.7 Å². The summed E-state index contributed by atoms with van der Waals surface area (Å²) >= 11 is 3.89. The van der Waals surface area contributed by atoms with Gasteiger partial charge >= 0.3 is 5.97 Å². The van der Waals surface area contributed by atoms with Crippen molar-refractivity contribution in [1.29, 1.82) is 0 Å². The average Bonchev–Trinajstić information content (AvgIpc) is 3.11. The minimum Gasteiger partial charge on any atom is -0.480 e. The Kier molecular flexibility index (Phi) is 9.00. The molecule has 0 aromatic carbocycles. The summed E-state index contributed by atoms with van der Waals surface area (Å²) in [5.74, 6) is -3.26. The van der Waals surface area contributed by atoms with E-state index in [1.165, 1.54) is 4.90 Å². The third-order valence-electron chi connectivity index (χ3n) is 4.45. The summed E-state index contributed by atoms with van der Waals surface area (Å²) in [4.78, 5) is 49.5. The van der Waals surface area contributed by atoms with Crippen LogP contribution < -0.4 is 16.4 Å². The fraction of sp³-hybridized carbons (Fsp3) is 0.750. The first-order chi connectivity index (χ1) is 12.6. The second kappa shape index (κ2) is 10.5. The third kappa shape index (κ3) is 6.08. The molecule has 0 aromatic heterocycles. The standard InChI is InChI=1S/C16H28N4O6S/c1-8(2)12(17)14(23)18-9(6-21)15(24)20-5-3-4-11(20)13(22)19-10(7-27)16(25)26/h8-12,21,27H,3-7,17H2,1-2H3,(H,18,23)(H,19,22)(H,25,26). The maximum absolute atomic E-state index is 12.7. The SMILES string of the molecule is CC(C)C(N)C(=O)NC(CO)C(=O)N1CCCC1C(=O)NC(CS)C(=O)O. The molecule has 0 aromatic rings. The van der Waals surface area contributed by atoms with Gasteiger partial charge in [0, 0.05) is 12.3 Å². The van der Waals surface area contributed by atoms with Crippen LogP contribution in [0.15, 0.2) is 0 Å². The van der Waals surface area contributed by atoms with E-state index in [1.807, 2.05) is 0 Å². The predicted octanol–water partition coefficient (Wildman–Crippen LogP) is -2.06. The highest BCUT2D eigenvalue weighted by Crippen LogP contribution is 2.19. The molecule has 27 heavy (non-hydrogen) atoms. The monoisotopic (exact) mass is 404 g/mol. The number of aliphatic hydroxyl groups is 1. The molecule has 0 saturated carbocycles. The van der Waals surface area contributed by atoms with E-state index < -0.39 is 54.5 Å². The van der Waals surface area contributed by atoms with Gasteiger partial charge in [-0.15, -0.1) is 0 Å². The van der Waals surface area contributed by atoms with Crippen LogP contribution in [-0.2, 0) is 19.2 Å². The minimum atomic E-state index is -1.23. The van der Waals surface area contributed by atoms with Gasteiger partial charge in [-0.1, -0.05) is 13.8 Å². The Balaban J connectivity index is 2.82. The molecule has 0 radical (unpaired) electrons. The lowest BCUT2D eigenvalue weighted by molar-refractivity contribution is -0.145. The molecule has 11 heteroatoms. The molecule has 6 N–H and O–H groups in total. The lowest BCUT2D eigenvalue weighted by Gasteiger charge is -2.29. The zero-order valence-electron chi connectivity index (χ0n) is 15.4. The highest BCUT2D eigenvalue weighted by atomic mass is 32.1. The topological polar surface area (TPSA) is 162 Å². The van der Waals surface area contributed by atoms with E-state index in [0.717, 1.165) is 0 Å². The van der Waals surface area contributed by atoms with Gasteiger partial charge in [-0.3, -0.25) is 14.4 Å². The van der Waals surface area contributed by atoms with E-state index in [1.54, 1.807) is 13.8 Å². The number of carbonyl (C=O) groups is 4. The van der Waals surface area contributed by atoms with Gasteiger partial charge in [-0.25, -0.2) is 4.79 Å². The van der Waals surface area contributed by atoms with Crippen LogP contribution in [0, 0.1) is 5.92 Å². The molecule has 154 valence electrons. The Bertz CT molecular complexity index is 573. The van der Waals surface area contributed by atoms with Crippen LogP contribution >= 0.6 is 12.6 Å². The number of aliphatic carboxylic acids is 1. The average molecular weight is 404 g/mol. The largest absolute Gasteiger partial charge is 0.480 e. The molecule has 1 rings (SSSR count). The maximum atomic E-state index is 12.7. The Labute approximate surface area is 163 Å². The number of hydrogen-bond donors (Lipinski definition) is 6. The number of hydrogen-bond acceptors (Lipinski definition) is 7. The number of nitrogens with one attached hydrogen (secondary N) is 2. The first-order valence-electron chi connectivity index (χ1n) is 8.75. The molecule has 1 aliphatic heterocycles. The number of amides is 3. The number of rotatable bonds is 9. The van der Waals surface area contributed by atoms with Gasteiger partial charge in [0.1, 0.15) is 18.1 Å². The first-order valence-corrected chi connectivity index (χ1v) is 9.38. The predicted molar refractivity (Wildman–Crippen MR) is 100.0 cm³/mol. The highest BCUT2D eigenvalue weighted by Gasteiger charge is 2.38. The lowest BCUT2D eigenvalue weighted by atomic mass is 10.0. The zero-order valence-corrected chi connectivity index (χ0v) is 16.3. The summed E-state index contributed by atoms with van der Waals surface area (Å²) in [6.45, 7) is 3.12. The van der Waals surface area contributed by atoms with E-state index in [4.69, 9.17) is 10.8 Å². The van der Waals surface area contributed by atoms with Crippen molar-refractivity contribution in [3.63, 3.8) is 0 Å². The van der Waals surface area contributed by atoms with E-state index in [2.05, 4.69) is 23.3 Å². The van der Waals surface area contributed by atoms with Crippen LogP contribution in [0.4, 0.5) is 0 Å². The van der Waals surface area contributed by atoms with Crippen molar-refractivity contribution in [2.45, 2.75) is 50.9 Å². The van der Waals surface area contributed by atoms with Crippen molar-refractivity contribution in [3.05, 3.63) is 0 Å². The number of nitrogens with two attached hydrogens (primary N) is 1. The molecule has 4 unspecified atom stereocenters. The van der Waals surface area contributed by atoms with Gasteiger partial charge in [-0.2, -0.15) is 12.6 Å². The third-order valence-corrected chi connectivity index (χ3v) is 4.82. The van der Waals surface area contributed by atoms with Crippen LogP contribution in [-0.4, -0.2) is 81.9 Å². The van der Waals surface area contributed by atoms with Crippen molar-refractivity contribution >= 4 is 36.3 Å². The smallest absolute Gasteiger partial charge is 0.327 e. The second-order valence-corrected chi connectivity index (χ2v) is 7.15. The molecule has 10 nitrogen and oxygen atoms in total. The molecule has 0 bridgehead atoms. The van der Waals surface area contributed by atoms with Gasteiger partial charge in [0.15, 0.2) is 0 Å². The summed E-state index contributed by atoms with van der Waals surface area (Å²) in [6.07, 6.45) is 0.897. The van der Waals surface area contributed by atoms with Gasteiger partial charge in [0.25, 0.3) is 0 Å². The van der Waals surface area contributed by atoms with E-state index >= 15 is 0 Å². The summed E-state index contributed by atoms with van der Waals surface area (Å²) in [5, 5.41) is 23.3. The highest BCUT2D eigenvalue weighted by molar-refractivity contribution is 7.80. The van der Waals surface area contributed by atoms with Crippen LogP contribution in [0.2, 0.25) is 0 Å². The van der Waals surface area contributed by atoms with Crippen molar-refractivity contribution in [2.24, 2.45) is 11.7 Å². The number of carboxylic acids is 1. The number of likely N-dealkylation sites (tertiary alicyclic amines) is 1. The summed E-state index contributed by atoms with van der Waals surface area (Å²) in [7, 11) is 0. The summed E-state index contributed by atoms with van der Waals surface area (Å²) in [6, 6.07) is -4.10. The van der Waals surface area contributed by atoms with E-state index in [0.29, 0.717) is 12.8 Å². The first kappa shape index (κ1) is 23.2. The Morgan fingerprint density at radius 3 is 2.33 bits per heavy atom. The number of carbonyl (C=O) groups excluding carboxylic acids is 3. The maximum Gasteiger partial charge on any atom is 0.327 e. The van der Waals surface area contributed by atoms with Crippen LogP contribution in [0.5, 0.6) is 0 Å². The fourth-order valence-electron chi connectivity index (χ4n) is 2.71. The van der Waals surface area contributed by atoms with Crippen molar-refractivity contribution in [1.82, 2.24) is 15.5 Å². The number of carboxylic acid groups (broad SMARTS) is 1. The fourth-order valence-corrected chi connectivity index (χ4v) is 2.96. The van der Waals surface area contributed by atoms with E-state index in [-0.39, 0.29) is 18.2 Å². The molecule has 3 amide bonds. The van der Waals surface area contributed by atoms with Crippen molar-refractivity contribution in [2.75, 3.05) is 18.9 Å². The zero-order chi connectivity index (χ0) is 20.7. The second-order valence-electron chi connectivity index (χ2n) is 6.79. The Morgan fingerprint density at radius 1 is 1.22 bits per heavy atom. The minimum absolute atomic E-state index is 0.0931. The quantitative estimate of drug-likeness (QED) is 0.241. The van der Waals surface area contributed by atoms with Crippen LogP contribution in [0.25, 0.3) is 0 Å². The molecular weight excluding hydrogens is 376 g/mol. The Morgan fingerprint density at radius 2 is 1.85 bits per heavy atom. The van der Waals surface area contributed by atoms with Crippen molar-refractivity contribution in [3.8, 4) is 0 Å². The molecular formula is C16H28N4O6S. The van der Waals surface area contributed by atoms with Crippen LogP contribution in [0.3, 0.4) is 0 Å². The molecule has 0 spiro atoms. The van der Waals surface area contributed by atoms with Crippen LogP contribution in [0.1, 0.15) is 26.7 Å². The van der Waals surface area contributed by atoms with Gasteiger partial charge < -0.3 is 31.5 Å². The van der Waals surface area contributed by atoms with E-state index in [9.17, 15) is 24.3 Å².